The lowest BCUT2D eigenvalue weighted by atomic mass is 9.92. The van der Waals surface area contributed by atoms with Gasteiger partial charge < -0.3 is 15.1 Å². The Morgan fingerprint density at radius 3 is 2.72 bits per heavy atom. The minimum Gasteiger partial charge on any atom is -0.370 e. The summed E-state index contributed by atoms with van der Waals surface area (Å²) < 4.78 is 0. The van der Waals surface area contributed by atoms with Crippen molar-refractivity contribution >= 4 is 17.4 Å². The van der Waals surface area contributed by atoms with Crippen LogP contribution in [0.2, 0.25) is 0 Å². The Morgan fingerprint density at radius 2 is 2.08 bits per heavy atom. The van der Waals surface area contributed by atoms with E-state index in [-0.39, 0.29) is 11.3 Å². The summed E-state index contributed by atoms with van der Waals surface area (Å²) in [6.45, 7) is 12.9. The summed E-state index contributed by atoms with van der Waals surface area (Å²) in [5.41, 5.74) is 3.44. The van der Waals surface area contributed by atoms with Crippen LogP contribution in [0.4, 0.5) is 11.5 Å². The molecule has 1 aromatic heterocycles. The van der Waals surface area contributed by atoms with E-state index in [9.17, 15) is 4.79 Å². The number of pyridine rings is 1. The second-order valence-corrected chi connectivity index (χ2v) is 9.04. The lowest BCUT2D eigenvalue weighted by Crippen LogP contribution is -2.50. The van der Waals surface area contributed by atoms with Crippen molar-refractivity contribution in [2.75, 3.05) is 43.4 Å². The molecule has 2 aliphatic heterocycles. The minimum atomic E-state index is -0.0150. The van der Waals surface area contributed by atoms with Gasteiger partial charge in [-0.05, 0) is 43.9 Å². The fourth-order valence-corrected chi connectivity index (χ4v) is 3.88. The van der Waals surface area contributed by atoms with Crippen LogP contribution in [0, 0.1) is 18.3 Å². The Kier molecular flexibility index (Phi) is 5.05. The van der Waals surface area contributed by atoms with Crippen LogP contribution in [0.3, 0.4) is 0 Å². The smallest absolute Gasteiger partial charge is 0.226 e. The average molecular weight is 345 g/mol. The van der Waals surface area contributed by atoms with Crippen molar-refractivity contribution in [3.8, 4) is 0 Å². The van der Waals surface area contributed by atoms with E-state index in [1.165, 1.54) is 18.8 Å². The molecular formula is C20H32N4O. The van der Waals surface area contributed by atoms with Crippen molar-refractivity contribution in [1.29, 1.82) is 0 Å². The number of carbonyl (C=O) groups is 1. The molecule has 5 nitrogen and oxygen atoms in total. The zero-order valence-electron chi connectivity index (χ0n) is 16.4. The maximum atomic E-state index is 12.3. The van der Waals surface area contributed by atoms with Crippen molar-refractivity contribution < 1.29 is 4.79 Å². The third kappa shape index (κ3) is 4.51. The second-order valence-electron chi connectivity index (χ2n) is 9.04. The molecule has 1 fully saturated rings. The third-order valence-corrected chi connectivity index (χ3v) is 5.02. The molecule has 0 aromatic carbocycles. The molecule has 1 amide bonds. The maximum Gasteiger partial charge on any atom is 0.226 e. The lowest BCUT2D eigenvalue weighted by Gasteiger charge is -2.41. The Morgan fingerprint density at radius 1 is 1.36 bits per heavy atom. The molecule has 3 heterocycles. The van der Waals surface area contributed by atoms with Crippen molar-refractivity contribution in [1.82, 2.24) is 9.88 Å². The molecule has 2 aliphatic rings. The normalized spacial score (nSPS) is 18.7. The topological polar surface area (TPSA) is 48.5 Å². The number of rotatable bonds is 4. The molecule has 0 radical (unpaired) electrons. The monoisotopic (exact) mass is 344 g/mol. The van der Waals surface area contributed by atoms with Gasteiger partial charge in [0.15, 0.2) is 0 Å². The van der Waals surface area contributed by atoms with Gasteiger partial charge in [-0.2, -0.15) is 0 Å². The van der Waals surface area contributed by atoms with Crippen LogP contribution >= 0.6 is 0 Å². The molecule has 0 bridgehead atoms. The molecule has 0 aliphatic carbocycles. The van der Waals surface area contributed by atoms with E-state index in [0.717, 1.165) is 48.9 Å². The number of hydrogen-bond acceptors (Lipinski definition) is 4. The SMILES string of the molecule is Cc1cc2c(nc1NC(=O)CC(C)(C)C)CCCN2CC1CN(C)C1. The lowest BCUT2D eigenvalue weighted by molar-refractivity contribution is -0.117. The molecule has 0 unspecified atom stereocenters. The number of likely N-dealkylation sites (tertiary alicyclic amines) is 1. The molecule has 1 N–H and O–H groups in total. The predicted octanol–water partition coefficient (Wildman–Crippen LogP) is 3.08. The summed E-state index contributed by atoms with van der Waals surface area (Å²) in [5, 5.41) is 3.03. The highest BCUT2D eigenvalue weighted by Crippen LogP contribution is 2.31. The quantitative estimate of drug-likeness (QED) is 0.912. The van der Waals surface area contributed by atoms with E-state index in [0.29, 0.717) is 6.42 Å². The summed E-state index contributed by atoms with van der Waals surface area (Å²) in [4.78, 5) is 21.9. The number of nitrogens with one attached hydrogen (secondary N) is 1. The van der Waals surface area contributed by atoms with Crippen LogP contribution in [0.5, 0.6) is 0 Å². The summed E-state index contributed by atoms with van der Waals surface area (Å²) in [6, 6.07) is 2.22. The van der Waals surface area contributed by atoms with Crippen LogP contribution in [0.1, 0.15) is 44.9 Å². The van der Waals surface area contributed by atoms with Crippen LogP contribution in [0.25, 0.3) is 0 Å². The number of amides is 1. The minimum absolute atomic E-state index is 0.0150. The molecule has 0 saturated carbocycles. The molecule has 5 heteroatoms. The fourth-order valence-electron chi connectivity index (χ4n) is 3.88. The first-order valence-corrected chi connectivity index (χ1v) is 9.45. The highest BCUT2D eigenvalue weighted by Gasteiger charge is 2.28. The first-order valence-electron chi connectivity index (χ1n) is 9.45. The van der Waals surface area contributed by atoms with Gasteiger partial charge in [0, 0.05) is 38.5 Å². The maximum absolute atomic E-state index is 12.3. The predicted molar refractivity (Wildman–Crippen MR) is 103 cm³/mol. The molecule has 0 spiro atoms. The van der Waals surface area contributed by atoms with E-state index in [4.69, 9.17) is 4.98 Å². The summed E-state index contributed by atoms with van der Waals surface area (Å²) >= 11 is 0. The van der Waals surface area contributed by atoms with Gasteiger partial charge in [-0.15, -0.1) is 0 Å². The number of aryl methyl sites for hydroxylation is 2. The van der Waals surface area contributed by atoms with Crippen molar-refractivity contribution in [3.63, 3.8) is 0 Å². The Balaban J connectivity index is 1.73. The molecule has 0 atom stereocenters. The van der Waals surface area contributed by atoms with Crippen LogP contribution < -0.4 is 10.2 Å². The summed E-state index contributed by atoms with van der Waals surface area (Å²) in [7, 11) is 2.18. The van der Waals surface area contributed by atoms with Gasteiger partial charge >= 0.3 is 0 Å². The fraction of sp³-hybridized carbons (Fsp3) is 0.700. The average Bonchev–Trinajstić information content (AvgIpc) is 2.45. The zero-order chi connectivity index (χ0) is 18.2. The number of carbonyl (C=O) groups excluding carboxylic acids is 1. The van der Waals surface area contributed by atoms with E-state index >= 15 is 0 Å². The van der Waals surface area contributed by atoms with E-state index in [1.54, 1.807) is 0 Å². The van der Waals surface area contributed by atoms with Crippen LogP contribution in [0.15, 0.2) is 6.07 Å². The Bertz CT molecular complexity index is 644. The van der Waals surface area contributed by atoms with Gasteiger partial charge in [0.2, 0.25) is 5.91 Å². The Labute approximate surface area is 151 Å². The van der Waals surface area contributed by atoms with Crippen LogP contribution in [-0.4, -0.2) is 49.0 Å². The van der Waals surface area contributed by atoms with Gasteiger partial charge in [-0.3, -0.25) is 4.79 Å². The third-order valence-electron chi connectivity index (χ3n) is 5.02. The van der Waals surface area contributed by atoms with Gasteiger partial charge in [0.25, 0.3) is 0 Å². The first kappa shape index (κ1) is 18.2. The van der Waals surface area contributed by atoms with Gasteiger partial charge in [0.1, 0.15) is 5.82 Å². The van der Waals surface area contributed by atoms with Crippen molar-refractivity contribution in [2.24, 2.45) is 11.3 Å². The summed E-state index contributed by atoms with van der Waals surface area (Å²) in [6.07, 6.45) is 2.65. The van der Waals surface area contributed by atoms with Crippen molar-refractivity contribution in [2.45, 2.75) is 47.0 Å². The van der Waals surface area contributed by atoms with E-state index in [1.807, 2.05) is 6.92 Å². The Hall–Kier alpha value is -1.62. The molecule has 138 valence electrons. The van der Waals surface area contributed by atoms with E-state index < -0.39 is 0 Å². The highest BCUT2D eigenvalue weighted by atomic mass is 16.1. The number of anilines is 2. The molecule has 25 heavy (non-hydrogen) atoms. The largest absolute Gasteiger partial charge is 0.370 e. The molecule has 1 saturated heterocycles. The number of aromatic nitrogens is 1. The number of nitrogens with zero attached hydrogens (tertiary/aromatic N) is 3. The standard InChI is InChI=1S/C20H32N4O/c1-14-9-17-16(21-19(14)22-18(25)10-20(2,3)4)7-6-8-24(17)13-15-11-23(5)12-15/h9,15H,6-8,10-13H2,1-5H3,(H,21,22,25). The van der Waals surface area contributed by atoms with E-state index in [2.05, 4.69) is 49.0 Å². The molecule has 1 aromatic rings. The number of hydrogen-bond donors (Lipinski definition) is 1. The number of fused-ring (bicyclic) bond motifs is 1. The molecular weight excluding hydrogens is 312 g/mol. The molecule has 3 rings (SSSR count). The highest BCUT2D eigenvalue weighted by molar-refractivity contribution is 5.91. The van der Waals surface area contributed by atoms with Gasteiger partial charge in [-0.25, -0.2) is 4.98 Å². The van der Waals surface area contributed by atoms with Gasteiger partial charge in [-0.1, -0.05) is 20.8 Å². The van der Waals surface area contributed by atoms with Crippen LogP contribution in [-0.2, 0) is 11.2 Å². The first-order chi connectivity index (χ1) is 11.7. The summed E-state index contributed by atoms with van der Waals surface area (Å²) in [5.74, 6) is 1.55. The zero-order valence-corrected chi connectivity index (χ0v) is 16.4. The second kappa shape index (κ2) is 6.94. The van der Waals surface area contributed by atoms with Crippen molar-refractivity contribution in [3.05, 3.63) is 17.3 Å². The van der Waals surface area contributed by atoms with Gasteiger partial charge in [0.05, 0.1) is 11.4 Å².